The Morgan fingerprint density at radius 2 is 2.20 bits per heavy atom. The number of rotatable bonds is 6. The zero-order valence-corrected chi connectivity index (χ0v) is 8.59. The van der Waals surface area contributed by atoms with Crippen LogP contribution in [0.15, 0.2) is 30.3 Å². The van der Waals surface area contributed by atoms with Crippen molar-refractivity contribution in [3.8, 4) is 0 Å². The number of hydrogen-bond donors (Lipinski definition) is 2. The van der Waals surface area contributed by atoms with Gasteiger partial charge in [0.25, 0.3) is 6.47 Å². The van der Waals surface area contributed by atoms with Gasteiger partial charge in [-0.3, -0.25) is 10.0 Å². The van der Waals surface area contributed by atoms with Gasteiger partial charge in [0.05, 0.1) is 0 Å². The van der Waals surface area contributed by atoms with E-state index in [-0.39, 0.29) is 0 Å². The lowest BCUT2D eigenvalue weighted by atomic mass is 9.88. The quantitative estimate of drug-likeness (QED) is 0.403. The second-order valence-corrected chi connectivity index (χ2v) is 3.25. The fourth-order valence-corrected chi connectivity index (χ4v) is 1.31. The standard InChI is InChI=1S/C10H14BNO3/c1-11(14)12-10(15-8-13)7-9-5-3-2-4-6-9/h2-6,8,10,12,14H,7H2,1H3. The average molecular weight is 207 g/mol. The molecule has 0 aromatic heterocycles. The fraction of sp³-hybridized carbons (Fsp3) is 0.300. The highest BCUT2D eigenvalue weighted by molar-refractivity contribution is 6.45. The van der Waals surface area contributed by atoms with Crippen LogP contribution in [-0.4, -0.2) is 24.8 Å². The van der Waals surface area contributed by atoms with Gasteiger partial charge in [-0.2, -0.15) is 0 Å². The lowest BCUT2D eigenvalue weighted by Gasteiger charge is -2.17. The molecule has 0 aliphatic rings. The third-order valence-corrected chi connectivity index (χ3v) is 1.91. The minimum absolute atomic E-state index is 0.378. The van der Waals surface area contributed by atoms with Gasteiger partial charge < -0.3 is 9.76 Å². The molecule has 0 heterocycles. The third-order valence-electron chi connectivity index (χ3n) is 1.91. The second kappa shape index (κ2) is 6.21. The molecule has 1 aromatic carbocycles. The second-order valence-electron chi connectivity index (χ2n) is 3.25. The Balaban J connectivity index is 2.54. The Morgan fingerprint density at radius 3 is 2.73 bits per heavy atom. The van der Waals surface area contributed by atoms with Crippen LogP contribution in [0.1, 0.15) is 5.56 Å². The van der Waals surface area contributed by atoms with Gasteiger partial charge in [-0.05, 0) is 12.4 Å². The molecule has 0 saturated heterocycles. The van der Waals surface area contributed by atoms with Crippen molar-refractivity contribution < 1.29 is 14.6 Å². The monoisotopic (exact) mass is 207 g/mol. The summed E-state index contributed by atoms with van der Waals surface area (Å²) >= 11 is 0. The molecule has 1 rings (SSSR count). The molecule has 1 unspecified atom stereocenters. The van der Waals surface area contributed by atoms with E-state index in [4.69, 9.17) is 9.76 Å². The Bertz CT molecular complexity index is 292. The van der Waals surface area contributed by atoms with Crippen LogP contribution in [0.2, 0.25) is 6.82 Å². The Hall–Kier alpha value is -1.33. The smallest absolute Gasteiger partial charge is 0.376 e. The first kappa shape index (κ1) is 11.7. The fourth-order valence-electron chi connectivity index (χ4n) is 1.31. The van der Waals surface area contributed by atoms with Gasteiger partial charge in [0.2, 0.25) is 0 Å². The molecule has 1 atom stereocenters. The zero-order chi connectivity index (χ0) is 11.1. The molecule has 1 aromatic rings. The van der Waals surface area contributed by atoms with E-state index in [0.29, 0.717) is 12.9 Å². The first-order valence-corrected chi connectivity index (χ1v) is 4.79. The van der Waals surface area contributed by atoms with Gasteiger partial charge in [-0.25, -0.2) is 0 Å². The SMILES string of the molecule is CB(O)NC(Cc1ccccc1)OC=O. The Kier molecular flexibility index (Phi) is 4.87. The summed E-state index contributed by atoms with van der Waals surface area (Å²) in [6.07, 6.45) is 0.0368. The number of nitrogens with one attached hydrogen (secondary N) is 1. The van der Waals surface area contributed by atoms with Crippen LogP contribution in [0.4, 0.5) is 0 Å². The van der Waals surface area contributed by atoms with Crippen LogP contribution >= 0.6 is 0 Å². The van der Waals surface area contributed by atoms with Crippen LogP contribution in [0.5, 0.6) is 0 Å². The predicted octanol–water partition coefficient (Wildman–Crippen LogP) is 0.428. The molecule has 0 bridgehead atoms. The molecular weight excluding hydrogens is 193 g/mol. The van der Waals surface area contributed by atoms with Crippen molar-refractivity contribution in [1.29, 1.82) is 0 Å². The van der Waals surface area contributed by atoms with Crippen molar-refractivity contribution in [1.82, 2.24) is 5.23 Å². The van der Waals surface area contributed by atoms with Gasteiger partial charge in [-0.15, -0.1) is 0 Å². The summed E-state index contributed by atoms with van der Waals surface area (Å²) < 4.78 is 4.81. The van der Waals surface area contributed by atoms with Crippen LogP contribution < -0.4 is 5.23 Å². The summed E-state index contributed by atoms with van der Waals surface area (Å²) in [5, 5.41) is 11.9. The van der Waals surface area contributed by atoms with Crippen molar-refractivity contribution in [2.75, 3.05) is 0 Å². The molecule has 0 saturated carbocycles. The molecule has 80 valence electrons. The Labute approximate surface area is 89.4 Å². The predicted molar refractivity (Wildman–Crippen MR) is 58.1 cm³/mol. The van der Waals surface area contributed by atoms with Crippen molar-refractivity contribution in [2.24, 2.45) is 0 Å². The van der Waals surface area contributed by atoms with Gasteiger partial charge >= 0.3 is 7.05 Å². The summed E-state index contributed by atoms with van der Waals surface area (Å²) in [5.74, 6) is 0. The summed E-state index contributed by atoms with van der Waals surface area (Å²) in [5.41, 5.74) is 1.04. The summed E-state index contributed by atoms with van der Waals surface area (Å²) in [7, 11) is -0.710. The minimum Gasteiger partial charge on any atom is -0.449 e. The average Bonchev–Trinajstić information content (AvgIpc) is 2.18. The molecule has 0 spiro atoms. The van der Waals surface area contributed by atoms with Crippen LogP contribution in [0.25, 0.3) is 0 Å². The van der Waals surface area contributed by atoms with Gasteiger partial charge in [-0.1, -0.05) is 30.3 Å². The number of carbonyl (C=O) groups is 1. The number of carbonyl (C=O) groups excluding carboxylic acids is 1. The molecule has 0 aliphatic carbocycles. The largest absolute Gasteiger partial charge is 0.449 e. The van der Waals surface area contributed by atoms with Gasteiger partial charge in [0, 0.05) is 6.42 Å². The molecule has 0 amide bonds. The van der Waals surface area contributed by atoms with Crippen LogP contribution in [0, 0.1) is 0 Å². The first-order valence-electron chi connectivity index (χ1n) is 4.79. The highest BCUT2D eigenvalue weighted by Gasteiger charge is 2.14. The van der Waals surface area contributed by atoms with Crippen molar-refractivity contribution in [3.63, 3.8) is 0 Å². The number of ether oxygens (including phenoxy) is 1. The number of benzene rings is 1. The lowest BCUT2D eigenvalue weighted by Crippen LogP contribution is -2.42. The maximum absolute atomic E-state index is 10.2. The van der Waals surface area contributed by atoms with E-state index < -0.39 is 13.3 Å². The Morgan fingerprint density at radius 1 is 1.53 bits per heavy atom. The molecule has 4 nitrogen and oxygen atoms in total. The molecule has 0 fully saturated rings. The molecule has 2 N–H and O–H groups in total. The highest BCUT2D eigenvalue weighted by Crippen LogP contribution is 2.03. The van der Waals surface area contributed by atoms with Crippen LogP contribution in [0.3, 0.4) is 0 Å². The van der Waals surface area contributed by atoms with E-state index in [1.165, 1.54) is 0 Å². The molecule has 0 aliphatic heterocycles. The summed E-state index contributed by atoms with van der Waals surface area (Å²) in [4.78, 5) is 10.2. The summed E-state index contributed by atoms with van der Waals surface area (Å²) in [6, 6.07) is 9.61. The van der Waals surface area contributed by atoms with E-state index in [9.17, 15) is 4.79 Å². The van der Waals surface area contributed by atoms with Crippen molar-refractivity contribution >= 4 is 13.5 Å². The maximum Gasteiger partial charge on any atom is 0.376 e. The third kappa shape index (κ3) is 4.62. The molecular formula is C10H14BNO3. The number of hydrogen-bond acceptors (Lipinski definition) is 4. The normalized spacial score (nSPS) is 11.9. The molecule has 5 heteroatoms. The van der Waals surface area contributed by atoms with Crippen LogP contribution in [-0.2, 0) is 16.0 Å². The summed E-state index contributed by atoms with van der Waals surface area (Å²) in [6.45, 7) is 1.95. The van der Waals surface area contributed by atoms with Gasteiger partial charge in [0.15, 0.2) is 0 Å². The first-order chi connectivity index (χ1) is 7.22. The van der Waals surface area contributed by atoms with Crippen molar-refractivity contribution in [3.05, 3.63) is 35.9 Å². The van der Waals surface area contributed by atoms with E-state index in [1.807, 2.05) is 30.3 Å². The molecule has 0 radical (unpaired) electrons. The van der Waals surface area contributed by atoms with E-state index in [0.717, 1.165) is 5.56 Å². The van der Waals surface area contributed by atoms with E-state index >= 15 is 0 Å². The van der Waals surface area contributed by atoms with Crippen molar-refractivity contribution in [2.45, 2.75) is 19.5 Å². The topological polar surface area (TPSA) is 58.6 Å². The lowest BCUT2D eigenvalue weighted by molar-refractivity contribution is -0.134. The molecule has 15 heavy (non-hydrogen) atoms. The van der Waals surface area contributed by atoms with E-state index in [1.54, 1.807) is 6.82 Å². The van der Waals surface area contributed by atoms with Gasteiger partial charge in [0.1, 0.15) is 6.23 Å². The minimum atomic E-state index is -0.710. The maximum atomic E-state index is 10.2. The highest BCUT2D eigenvalue weighted by atomic mass is 16.5. The van der Waals surface area contributed by atoms with E-state index in [2.05, 4.69) is 5.23 Å². The zero-order valence-electron chi connectivity index (χ0n) is 8.59.